The van der Waals surface area contributed by atoms with Crippen molar-refractivity contribution in [1.82, 2.24) is 24.6 Å². The maximum atomic E-state index is 4.64. The first-order chi connectivity index (χ1) is 11.5. The summed E-state index contributed by atoms with van der Waals surface area (Å²) in [7, 11) is 3.80. The molecular formula is C17H22N6S. The molecule has 0 bridgehead atoms. The van der Waals surface area contributed by atoms with Crippen LogP contribution in [0, 0.1) is 13.8 Å². The third-order valence-corrected chi connectivity index (χ3v) is 4.55. The largest absolute Gasteiger partial charge is 0.351 e. The average molecular weight is 342 g/mol. The number of imidazole rings is 1. The van der Waals surface area contributed by atoms with Crippen LogP contribution in [0.2, 0.25) is 0 Å². The number of thiazole rings is 1. The molecule has 6 nitrogen and oxygen atoms in total. The van der Waals surface area contributed by atoms with Crippen LogP contribution >= 0.6 is 11.3 Å². The topological polar surface area (TPSA) is 57.8 Å². The van der Waals surface area contributed by atoms with E-state index >= 15 is 0 Å². The van der Waals surface area contributed by atoms with Crippen LogP contribution in [0.4, 0.5) is 0 Å². The monoisotopic (exact) mass is 342 g/mol. The average Bonchev–Trinajstić information content (AvgIpc) is 3.13. The van der Waals surface area contributed by atoms with Crippen molar-refractivity contribution in [2.24, 2.45) is 4.99 Å². The fourth-order valence-corrected chi connectivity index (χ4v) is 3.18. The lowest BCUT2D eigenvalue weighted by atomic mass is 10.3. The number of nitrogens with one attached hydrogen (secondary N) is 1. The highest BCUT2D eigenvalue weighted by atomic mass is 32.1. The van der Waals surface area contributed by atoms with E-state index < -0.39 is 0 Å². The van der Waals surface area contributed by atoms with Crippen molar-refractivity contribution in [3.63, 3.8) is 0 Å². The maximum Gasteiger partial charge on any atom is 0.194 e. The van der Waals surface area contributed by atoms with Crippen LogP contribution < -0.4 is 5.32 Å². The Hall–Kier alpha value is -2.41. The van der Waals surface area contributed by atoms with Gasteiger partial charge in [-0.3, -0.25) is 4.99 Å². The summed E-state index contributed by atoms with van der Waals surface area (Å²) in [6.07, 6.45) is 4.07. The van der Waals surface area contributed by atoms with Crippen molar-refractivity contribution >= 4 is 22.9 Å². The van der Waals surface area contributed by atoms with Gasteiger partial charge in [-0.25, -0.2) is 9.97 Å². The molecule has 3 aromatic heterocycles. The summed E-state index contributed by atoms with van der Waals surface area (Å²) in [5, 5.41) is 6.54. The van der Waals surface area contributed by atoms with Crippen LogP contribution in [-0.2, 0) is 13.1 Å². The lowest BCUT2D eigenvalue weighted by Crippen LogP contribution is -2.38. The van der Waals surface area contributed by atoms with E-state index in [1.165, 1.54) is 5.56 Å². The van der Waals surface area contributed by atoms with E-state index in [-0.39, 0.29) is 0 Å². The third-order valence-electron chi connectivity index (χ3n) is 3.73. The highest BCUT2D eigenvalue weighted by molar-refractivity contribution is 7.09. The van der Waals surface area contributed by atoms with Gasteiger partial charge >= 0.3 is 0 Å². The molecule has 126 valence electrons. The van der Waals surface area contributed by atoms with Crippen molar-refractivity contribution < 1.29 is 0 Å². The second-order valence-corrected chi connectivity index (χ2v) is 6.88. The van der Waals surface area contributed by atoms with Crippen molar-refractivity contribution in [2.45, 2.75) is 26.9 Å². The molecular weight excluding hydrogens is 320 g/mol. The van der Waals surface area contributed by atoms with E-state index in [0.717, 1.165) is 34.5 Å². The van der Waals surface area contributed by atoms with Crippen molar-refractivity contribution in [3.05, 3.63) is 51.9 Å². The number of fused-ring (bicyclic) bond motifs is 1. The lowest BCUT2D eigenvalue weighted by Gasteiger charge is -2.20. The molecule has 0 atom stereocenters. The normalized spacial score (nSPS) is 11.9. The fourth-order valence-electron chi connectivity index (χ4n) is 2.57. The Bertz CT molecular complexity index is 863. The number of hydrogen-bond donors (Lipinski definition) is 1. The minimum atomic E-state index is 0.633. The Labute approximate surface area is 145 Å². The summed E-state index contributed by atoms with van der Waals surface area (Å²) in [6, 6.07) is 4.16. The number of rotatable bonds is 4. The first-order valence-electron chi connectivity index (χ1n) is 7.82. The number of hydrogen-bond acceptors (Lipinski definition) is 4. The van der Waals surface area contributed by atoms with Gasteiger partial charge in [0.25, 0.3) is 0 Å². The van der Waals surface area contributed by atoms with Crippen LogP contribution in [0.1, 0.15) is 22.0 Å². The molecule has 0 aliphatic heterocycles. The summed E-state index contributed by atoms with van der Waals surface area (Å²) >= 11 is 1.67. The van der Waals surface area contributed by atoms with Crippen molar-refractivity contribution in [2.75, 3.05) is 14.1 Å². The number of aryl methyl sites for hydroxylation is 2. The highest BCUT2D eigenvalue weighted by Gasteiger charge is 2.09. The Morgan fingerprint density at radius 2 is 2.17 bits per heavy atom. The predicted molar refractivity (Wildman–Crippen MR) is 98.4 cm³/mol. The molecule has 0 aliphatic carbocycles. The van der Waals surface area contributed by atoms with E-state index in [9.17, 15) is 0 Å². The molecule has 24 heavy (non-hydrogen) atoms. The third kappa shape index (κ3) is 3.73. The first kappa shape index (κ1) is 16.4. The van der Waals surface area contributed by atoms with E-state index in [2.05, 4.69) is 49.6 Å². The zero-order valence-corrected chi connectivity index (χ0v) is 15.3. The zero-order chi connectivity index (χ0) is 17.1. The van der Waals surface area contributed by atoms with Crippen molar-refractivity contribution in [1.29, 1.82) is 0 Å². The fraction of sp³-hybridized carbons (Fsp3) is 0.353. The molecule has 0 aliphatic rings. The summed E-state index contributed by atoms with van der Waals surface area (Å²) in [5.74, 6) is 0.828. The second kappa shape index (κ2) is 7.00. The van der Waals surface area contributed by atoms with Gasteiger partial charge in [0.15, 0.2) is 5.96 Å². The number of guanidine groups is 1. The Kier molecular flexibility index (Phi) is 4.80. The molecule has 0 saturated heterocycles. The Morgan fingerprint density at radius 3 is 2.88 bits per heavy atom. The SMILES string of the molecule is CN=C(NCc1cn2ccc(C)cc2n1)N(C)Cc1csc(C)n1. The van der Waals surface area contributed by atoms with E-state index in [0.29, 0.717) is 6.54 Å². The molecule has 0 spiro atoms. The van der Waals surface area contributed by atoms with Gasteiger partial charge in [-0.15, -0.1) is 11.3 Å². The van der Waals surface area contributed by atoms with Gasteiger partial charge in [0.1, 0.15) is 5.65 Å². The second-order valence-electron chi connectivity index (χ2n) is 5.82. The van der Waals surface area contributed by atoms with Crippen LogP contribution in [0.5, 0.6) is 0 Å². The summed E-state index contributed by atoms with van der Waals surface area (Å²) in [4.78, 5) is 15.6. The van der Waals surface area contributed by atoms with Gasteiger partial charge in [-0.05, 0) is 31.5 Å². The number of nitrogens with zero attached hydrogens (tertiary/aromatic N) is 5. The molecule has 0 fully saturated rings. The molecule has 0 aromatic carbocycles. The van der Waals surface area contributed by atoms with Gasteiger partial charge < -0.3 is 14.6 Å². The van der Waals surface area contributed by atoms with Crippen molar-refractivity contribution in [3.8, 4) is 0 Å². The lowest BCUT2D eigenvalue weighted by molar-refractivity contribution is 0.470. The number of aromatic nitrogens is 3. The van der Waals surface area contributed by atoms with E-state index in [1.54, 1.807) is 18.4 Å². The van der Waals surface area contributed by atoms with Gasteiger partial charge in [0, 0.05) is 31.9 Å². The maximum absolute atomic E-state index is 4.64. The Morgan fingerprint density at radius 1 is 1.33 bits per heavy atom. The molecule has 7 heteroatoms. The molecule has 3 heterocycles. The van der Waals surface area contributed by atoms with Gasteiger partial charge in [0.05, 0.1) is 29.5 Å². The van der Waals surface area contributed by atoms with Crippen LogP contribution in [0.3, 0.4) is 0 Å². The van der Waals surface area contributed by atoms with Crippen LogP contribution in [0.25, 0.3) is 5.65 Å². The first-order valence-corrected chi connectivity index (χ1v) is 8.70. The van der Waals surface area contributed by atoms with Gasteiger partial charge in [0.2, 0.25) is 0 Å². The van der Waals surface area contributed by atoms with E-state index in [4.69, 9.17) is 0 Å². The quantitative estimate of drug-likeness (QED) is 0.585. The van der Waals surface area contributed by atoms with Crippen LogP contribution in [-0.4, -0.2) is 39.3 Å². The number of aliphatic imine (C=N–C) groups is 1. The predicted octanol–water partition coefficient (Wildman–Crippen LogP) is 2.62. The smallest absolute Gasteiger partial charge is 0.194 e. The minimum absolute atomic E-state index is 0.633. The summed E-state index contributed by atoms with van der Waals surface area (Å²) < 4.78 is 2.04. The molecule has 3 rings (SSSR count). The highest BCUT2D eigenvalue weighted by Crippen LogP contribution is 2.10. The molecule has 0 amide bonds. The molecule has 0 unspecified atom stereocenters. The summed E-state index contributed by atoms with van der Waals surface area (Å²) in [5.41, 5.74) is 4.22. The number of pyridine rings is 1. The summed E-state index contributed by atoms with van der Waals surface area (Å²) in [6.45, 7) is 5.46. The molecule has 0 radical (unpaired) electrons. The zero-order valence-electron chi connectivity index (χ0n) is 14.4. The van der Waals surface area contributed by atoms with Gasteiger partial charge in [-0.1, -0.05) is 0 Å². The standard InChI is InChI=1S/C17H22N6S/c1-12-5-6-23-10-14(21-16(23)7-12)8-19-17(18-3)22(4)9-15-11-24-13(2)20-15/h5-7,10-11H,8-9H2,1-4H3,(H,18,19). The van der Waals surface area contributed by atoms with Crippen LogP contribution in [0.15, 0.2) is 34.9 Å². The Balaban J connectivity index is 1.64. The molecule has 3 aromatic rings. The van der Waals surface area contributed by atoms with E-state index in [1.807, 2.05) is 30.8 Å². The minimum Gasteiger partial charge on any atom is -0.351 e. The molecule has 1 N–H and O–H groups in total. The van der Waals surface area contributed by atoms with Gasteiger partial charge in [-0.2, -0.15) is 0 Å². The molecule has 0 saturated carbocycles.